The quantitative estimate of drug-likeness (QED) is 0.452. The third-order valence-electron chi connectivity index (χ3n) is 4.47. The summed E-state index contributed by atoms with van der Waals surface area (Å²) in [6, 6.07) is 3.57. The average molecular weight is 374 g/mol. The van der Waals surface area contributed by atoms with Crippen molar-refractivity contribution in [3.8, 4) is 0 Å². The number of carbonyl (C=O) groups excluding carboxylic acids is 2. The van der Waals surface area contributed by atoms with E-state index in [1.807, 2.05) is 0 Å². The van der Waals surface area contributed by atoms with Gasteiger partial charge in [-0.15, -0.1) is 0 Å². The van der Waals surface area contributed by atoms with Crippen molar-refractivity contribution in [2.45, 2.75) is 25.7 Å². The average Bonchev–Trinajstić information content (AvgIpc) is 3.12. The number of benzene rings is 1. The fraction of sp³-hybridized carbons (Fsp3) is 0.412. The first kappa shape index (κ1) is 18.5. The molecule has 0 atom stereocenters. The zero-order valence-corrected chi connectivity index (χ0v) is 14.9. The fourth-order valence-electron chi connectivity index (χ4n) is 3.07. The summed E-state index contributed by atoms with van der Waals surface area (Å²) in [6.45, 7) is 2.63. The zero-order valence-electron chi connectivity index (χ0n) is 14.9. The maximum absolute atomic E-state index is 12.8. The van der Waals surface area contributed by atoms with Crippen molar-refractivity contribution in [1.29, 1.82) is 0 Å². The summed E-state index contributed by atoms with van der Waals surface area (Å²) in [7, 11) is 1.17. The second-order valence-corrected chi connectivity index (χ2v) is 6.26. The van der Waals surface area contributed by atoms with E-state index in [1.165, 1.54) is 19.2 Å². The monoisotopic (exact) mass is 374 g/mol. The molecule has 1 fully saturated rings. The molecule has 1 aromatic heterocycles. The third-order valence-corrected chi connectivity index (χ3v) is 4.47. The molecular weight excluding hydrogens is 356 g/mol. The van der Waals surface area contributed by atoms with Gasteiger partial charge in [-0.3, -0.25) is 14.9 Å². The number of aromatic nitrogens is 2. The standard InChI is InChI=1S/C17H18N4O6/c1-10-18-15(27-19-10)11-3-5-20(6-4-11)16(22)12-7-13(17(23)26-2)9-14(8-12)21(24)25/h7-9,11H,3-6H2,1-2H3. The van der Waals surface area contributed by atoms with Crippen LogP contribution in [0.3, 0.4) is 0 Å². The van der Waals surface area contributed by atoms with Gasteiger partial charge in [0.05, 0.1) is 17.6 Å². The Bertz CT molecular complexity index is 885. The Morgan fingerprint density at radius 3 is 2.48 bits per heavy atom. The molecule has 1 amide bonds. The molecule has 0 radical (unpaired) electrons. The lowest BCUT2D eigenvalue weighted by molar-refractivity contribution is -0.384. The number of piperidine rings is 1. The second kappa shape index (κ2) is 7.52. The third kappa shape index (κ3) is 3.94. The molecule has 0 N–H and O–H groups in total. The van der Waals surface area contributed by atoms with Crippen LogP contribution in [-0.4, -0.2) is 52.0 Å². The van der Waals surface area contributed by atoms with E-state index in [4.69, 9.17) is 4.52 Å². The summed E-state index contributed by atoms with van der Waals surface area (Å²) in [6.07, 6.45) is 1.29. The topological polar surface area (TPSA) is 129 Å². The predicted octanol–water partition coefficient (Wildman–Crippen LogP) is 2.09. The number of rotatable bonds is 4. The minimum absolute atomic E-state index is 0.0359. The molecule has 10 heteroatoms. The van der Waals surface area contributed by atoms with Gasteiger partial charge in [0, 0.05) is 36.7 Å². The number of nitrogens with zero attached hydrogens (tertiary/aromatic N) is 4. The maximum Gasteiger partial charge on any atom is 0.338 e. The van der Waals surface area contributed by atoms with Crippen LogP contribution >= 0.6 is 0 Å². The first-order valence-corrected chi connectivity index (χ1v) is 8.36. The molecule has 0 unspecified atom stereocenters. The molecule has 10 nitrogen and oxygen atoms in total. The van der Waals surface area contributed by atoms with Gasteiger partial charge in [0.1, 0.15) is 0 Å². The van der Waals surface area contributed by atoms with Gasteiger partial charge in [-0.25, -0.2) is 4.79 Å². The lowest BCUT2D eigenvalue weighted by Gasteiger charge is -2.30. The molecule has 0 bridgehead atoms. The van der Waals surface area contributed by atoms with E-state index in [-0.39, 0.29) is 28.6 Å². The zero-order chi connectivity index (χ0) is 19.6. The molecule has 2 heterocycles. The number of amides is 1. The van der Waals surface area contributed by atoms with Crippen molar-refractivity contribution in [3.05, 3.63) is 51.2 Å². The number of hydrogen-bond donors (Lipinski definition) is 0. The molecule has 0 saturated carbocycles. The molecule has 0 aliphatic carbocycles. The van der Waals surface area contributed by atoms with Gasteiger partial charge in [-0.05, 0) is 25.8 Å². The van der Waals surface area contributed by atoms with Crippen LogP contribution in [0.4, 0.5) is 5.69 Å². The minimum atomic E-state index is -0.738. The summed E-state index contributed by atoms with van der Waals surface area (Å²) < 4.78 is 9.80. The molecule has 1 saturated heterocycles. The number of aryl methyl sites for hydroxylation is 1. The number of non-ortho nitro benzene ring substituents is 1. The molecule has 27 heavy (non-hydrogen) atoms. The van der Waals surface area contributed by atoms with Crippen LogP contribution in [0, 0.1) is 17.0 Å². The smallest absolute Gasteiger partial charge is 0.338 e. The lowest BCUT2D eigenvalue weighted by Crippen LogP contribution is -2.38. The first-order valence-electron chi connectivity index (χ1n) is 8.36. The van der Waals surface area contributed by atoms with Gasteiger partial charge < -0.3 is 14.2 Å². The van der Waals surface area contributed by atoms with E-state index >= 15 is 0 Å². The second-order valence-electron chi connectivity index (χ2n) is 6.26. The molecule has 1 aromatic carbocycles. The summed E-state index contributed by atoms with van der Waals surface area (Å²) >= 11 is 0. The van der Waals surface area contributed by atoms with Crippen molar-refractivity contribution < 1.29 is 23.8 Å². The Labute approximate surface area is 154 Å². The fourth-order valence-corrected chi connectivity index (χ4v) is 3.07. The summed E-state index contributed by atoms with van der Waals surface area (Å²) in [4.78, 5) is 40.8. The van der Waals surface area contributed by atoms with Crippen LogP contribution in [0.5, 0.6) is 0 Å². The van der Waals surface area contributed by atoms with Crippen LogP contribution in [0.2, 0.25) is 0 Å². The largest absolute Gasteiger partial charge is 0.465 e. The van der Waals surface area contributed by atoms with Crippen LogP contribution in [0.1, 0.15) is 51.2 Å². The van der Waals surface area contributed by atoms with Gasteiger partial charge in [-0.2, -0.15) is 4.98 Å². The Balaban J connectivity index is 1.77. The molecule has 3 rings (SSSR count). The molecule has 1 aliphatic heterocycles. The van der Waals surface area contributed by atoms with Crippen molar-refractivity contribution >= 4 is 17.6 Å². The highest BCUT2D eigenvalue weighted by Crippen LogP contribution is 2.28. The van der Waals surface area contributed by atoms with Crippen LogP contribution in [-0.2, 0) is 4.74 Å². The SMILES string of the molecule is COC(=O)c1cc(C(=O)N2CCC(c3nc(C)no3)CC2)cc([N+](=O)[O-])c1. The normalized spacial score (nSPS) is 14.8. The van der Waals surface area contributed by atoms with E-state index < -0.39 is 10.9 Å². The summed E-state index contributed by atoms with van der Waals surface area (Å²) in [5.74, 6) is 0.0894. The van der Waals surface area contributed by atoms with Crippen molar-refractivity contribution in [2.24, 2.45) is 0 Å². The van der Waals surface area contributed by atoms with Crippen molar-refractivity contribution in [2.75, 3.05) is 20.2 Å². The van der Waals surface area contributed by atoms with E-state index in [2.05, 4.69) is 14.9 Å². The molecular formula is C17H18N4O6. The van der Waals surface area contributed by atoms with Gasteiger partial charge >= 0.3 is 5.97 Å². The number of nitro groups is 1. The van der Waals surface area contributed by atoms with Crippen LogP contribution < -0.4 is 0 Å². The van der Waals surface area contributed by atoms with Crippen LogP contribution in [0.15, 0.2) is 22.7 Å². The number of likely N-dealkylation sites (tertiary alicyclic amines) is 1. The number of carbonyl (C=O) groups is 2. The van der Waals surface area contributed by atoms with Gasteiger partial charge in [0.2, 0.25) is 5.89 Å². The molecule has 1 aliphatic rings. The van der Waals surface area contributed by atoms with Gasteiger partial charge in [0.25, 0.3) is 11.6 Å². The minimum Gasteiger partial charge on any atom is -0.465 e. The maximum atomic E-state index is 12.8. The van der Waals surface area contributed by atoms with E-state index in [1.54, 1.807) is 11.8 Å². The van der Waals surface area contributed by atoms with Crippen molar-refractivity contribution in [1.82, 2.24) is 15.0 Å². The van der Waals surface area contributed by atoms with E-state index in [9.17, 15) is 19.7 Å². The first-order chi connectivity index (χ1) is 12.9. The highest BCUT2D eigenvalue weighted by molar-refractivity contribution is 5.99. The van der Waals surface area contributed by atoms with E-state index in [0.29, 0.717) is 37.6 Å². The Hall–Kier alpha value is -3.30. The van der Waals surface area contributed by atoms with Crippen molar-refractivity contribution in [3.63, 3.8) is 0 Å². The molecule has 2 aromatic rings. The number of nitro benzene ring substituents is 1. The number of methoxy groups -OCH3 is 1. The Kier molecular flexibility index (Phi) is 5.15. The highest BCUT2D eigenvalue weighted by atomic mass is 16.6. The summed E-state index contributed by atoms with van der Waals surface area (Å²) in [5, 5.41) is 14.9. The van der Waals surface area contributed by atoms with Crippen LogP contribution in [0.25, 0.3) is 0 Å². The van der Waals surface area contributed by atoms with E-state index in [0.717, 1.165) is 6.07 Å². The predicted molar refractivity (Wildman–Crippen MR) is 91.3 cm³/mol. The Morgan fingerprint density at radius 2 is 1.93 bits per heavy atom. The van der Waals surface area contributed by atoms with Gasteiger partial charge in [0.15, 0.2) is 5.82 Å². The Morgan fingerprint density at radius 1 is 1.26 bits per heavy atom. The van der Waals surface area contributed by atoms with Gasteiger partial charge in [-0.1, -0.05) is 5.16 Å². The molecule has 0 spiro atoms. The number of ether oxygens (including phenoxy) is 1. The highest BCUT2D eigenvalue weighted by Gasteiger charge is 2.29. The number of esters is 1. The lowest BCUT2D eigenvalue weighted by atomic mass is 9.96. The molecule has 142 valence electrons. The number of hydrogen-bond acceptors (Lipinski definition) is 8. The summed E-state index contributed by atoms with van der Waals surface area (Å²) in [5.41, 5.74) is -0.291.